The van der Waals surface area contributed by atoms with Gasteiger partial charge in [-0.25, -0.2) is 9.69 Å². The number of hydrogen-bond acceptors (Lipinski definition) is 4. The van der Waals surface area contributed by atoms with Gasteiger partial charge in [-0.2, -0.15) is 11.8 Å². The summed E-state index contributed by atoms with van der Waals surface area (Å²) in [5.74, 6) is 0.176. The molecule has 0 spiro atoms. The molecule has 0 aromatic heterocycles. The van der Waals surface area contributed by atoms with Crippen LogP contribution in [0.15, 0.2) is 0 Å². The lowest BCUT2D eigenvalue weighted by Gasteiger charge is -2.08. The van der Waals surface area contributed by atoms with Gasteiger partial charge in [0.2, 0.25) is 5.91 Å². The molecule has 0 atom stereocenters. The van der Waals surface area contributed by atoms with E-state index in [0.29, 0.717) is 18.9 Å². The smallest absolute Gasteiger partial charge is 0.416 e. The lowest BCUT2D eigenvalue weighted by Crippen LogP contribution is -2.32. The van der Waals surface area contributed by atoms with Crippen molar-refractivity contribution in [1.82, 2.24) is 4.90 Å². The van der Waals surface area contributed by atoms with E-state index in [1.165, 1.54) is 18.2 Å². The van der Waals surface area contributed by atoms with Gasteiger partial charge in [0.05, 0.1) is 12.3 Å². The second-order valence-corrected chi connectivity index (χ2v) is 3.67. The van der Waals surface area contributed by atoms with Gasteiger partial charge in [-0.05, 0) is 6.26 Å². The van der Waals surface area contributed by atoms with Crippen molar-refractivity contribution in [3.8, 4) is 0 Å². The normalized spacial score (nSPS) is 13.1. The second kappa shape index (κ2) is 12.4. The maximum atomic E-state index is 11.1. The van der Waals surface area contributed by atoms with Crippen LogP contribution in [0.25, 0.3) is 0 Å². The van der Waals surface area contributed by atoms with Crippen LogP contribution in [0.5, 0.6) is 0 Å². The zero-order chi connectivity index (χ0) is 13.0. The highest BCUT2D eigenvalue weighted by Crippen LogP contribution is 2.05. The monoisotopic (exact) mass is 249 g/mol. The van der Waals surface area contributed by atoms with Gasteiger partial charge in [-0.3, -0.25) is 4.79 Å². The number of carbonyl (C=O) groups excluding carboxylic acids is 2. The number of cyclic esters (lactones) is 1. The van der Waals surface area contributed by atoms with E-state index >= 15 is 0 Å². The van der Waals surface area contributed by atoms with Crippen LogP contribution in [-0.4, -0.2) is 42.1 Å². The topological polar surface area (TPSA) is 46.6 Å². The largest absolute Gasteiger partial charge is 0.447 e. The Bertz CT molecular complexity index is 198. The molecule has 0 unspecified atom stereocenters. The molecule has 1 saturated heterocycles. The molecule has 0 saturated carbocycles. The molecule has 16 heavy (non-hydrogen) atoms. The summed E-state index contributed by atoms with van der Waals surface area (Å²) in [5.41, 5.74) is 0. The van der Waals surface area contributed by atoms with Crippen LogP contribution in [0, 0.1) is 0 Å². The number of amides is 2. The number of nitrogens with zero attached hydrogens (tertiary/aromatic N) is 1. The maximum Gasteiger partial charge on any atom is 0.416 e. The SMILES string of the molecule is CC.CCC.CSCC(=O)N1CCOC1=O. The first-order valence-electron chi connectivity index (χ1n) is 5.63. The minimum Gasteiger partial charge on any atom is -0.447 e. The van der Waals surface area contributed by atoms with Crippen molar-refractivity contribution < 1.29 is 14.3 Å². The molecule has 1 fully saturated rings. The van der Waals surface area contributed by atoms with Gasteiger partial charge in [0.1, 0.15) is 6.61 Å². The van der Waals surface area contributed by atoms with Gasteiger partial charge < -0.3 is 4.74 Å². The highest BCUT2D eigenvalue weighted by Gasteiger charge is 2.27. The molecular weight excluding hydrogens is 226 g/mol. The van der Waals surface area contributed by atoms with Gasteiger partial charge in [-0.15, -0.1) is 0 Å². The second-order valence-electron chi connectivity index (χ2n) is 2.80. The van der Waals surface area contributed by atoms with E-state index in [4.69, 9.17) is 0 Å². The third-order valence-electron chi connectivity index (χ3n) is 1.33. The summed E-state index contributed by atoms with van der Waals surface area (Å²) in [6.45, 7) is 8.98. The molecule has 2 amide bonds. The number of carbonyl (C=O) groups is 2. The Morgan fingerprint density at radius 3 is 2.25 bits per heavy atom. The van der Waals surface area contributed by atoms with Crippen molar-refractivity contribution >= 4 is 23.8 Å². The molecule has 0 aliphatic carbocycles. The summed E-state index contributed by atoms with van der Waals surface area (Å²) in [4.78, 5) is 23.0. The molecule has 0 aromatic carbocycles. The summed E-state index contributed by atoms with van der Waals surface area (Å²) in [7, 11) is 0. The fourth-order valence-corrected chi connectivity index (χ4v) is 1.22. The third-order valence-corrected chi connectivity index (χ3v) is 1.87. The predicted molar refractivity (Wildman–Crippen MR) is 68.8 cm³/mol. The fraction of sp³-hybridized carbons (Fsp3) is 0.818. The van der Waals surface area contributed by atoms with E-state index in [2.05, 4.69) is 18.6 Å². The molecule has 0 bridgehead atoms. The van der Waals surface area contributed by atoms with E-state index in [-0.39, 0.29) is 5.91 Å². The molecule has 1 aliphatic rings. The zero-order valence-electron chi connectivity index (χ0n) is 10.9. The van der Waals surface area contributed by atoms with Crippen LogP contribution in [0.4, 0.5) is 4.79 Å². The van der Waals surface area contributed by atoms with Gasteiger partial charge in [-0.1, -0.05) is 34.1 Å². The highest BCUT2D eigenvalue weighted by atomic mass is 32.2. The van der Waals surface area contributed by atoms with Crippen molar-refractivity contribution in [1.29, 1.82) is 0 Å². The van der Waals surface area contributed by atoms with Crippen LogP contribution in [0.2, 0.25) is 0 Å². The Labute approximate surface area is 103 Å². The van der Waals surface area contributed by atoms with E-state index < -0.39 is 6.09 Å². The number of imide groups is 1. The molecule has 1 heterocycles. The first-order valence-corrected chi connectivity index (χ1v) is 7.02. The summed E-state index contributed by atoms with van der Waals surface area (Å²) in [6.07, 6.45) is 2.56. The summed E-state index contributed by atoms with van der Waals surface area (Å²) in [6, 6.07) is 0. The summed E-state index contributed by atoms with van der Waals surface area (Å²) < 4.78 is 4.59. The van der Waals surface area contributed by atoms with E-state index in [1.54, 1.807) is 0 Å². The van der Waals surface area contributed by atoms with Gasteiger partial charge >= 0.3 is 6.09 Å². The minimum absolute atomic E-state index is 0.167. The number of hydrogen-bond donors (Lipinski definition) is 0. The average molecular weight is 249 g/mol. The van der Waals surface area contributed by atoms with Gasteiger partial charge in [0.15, 0.2) is 0 Å². The summed E-state index contributed by atoms with van der Waals surface area (Å²) in [5, 5.41) is 0. The third kappa shape index (κ3) is 7.56. The molecule has 1 rings (SSSR count). The molecule has 96 valence electrons. The van der Waals surface area contributed by atoms with Crippen molar-refractivity contribution in [2.24, 2.45) is 0 Å². The molecule has 0 N–H and O–H groups in total. The van der Waals surface area contributed by atoms with Gasteiger partial charge in [0, 0.05) is 0 Å². The van der Waals surface area contributed by atoms with Crippen LogP contribution in [0.3, 0.4) is 0 Å². The molecule has 5 heteroatoms. The Kier molecular flexibility index (Phi) is 13.7. The lowest BCUT2D eigenvalue weighted by molar-refractivity contribution is -0.124. The Balaban J connectivity index is 0. The minimum atomic E-state index is -0.510. The first kappa shape index (κ1) is 17.7. The van der Waals surface area contributed by atoms with Crippen molar-refractivity contribution in [3.05, 3.63) is 0 Å². The Hall–Kier alpha value is -0.710. The molecule has 0 radical (unpaired) electrons. The number of thioether (sulfide) groups is 1. The Morgan fingerprint density at radius 1 is 1.44 bits per heavy atom. The van der Waals surface area contributed by atoms with Crippen molar-refractivity contribution in [2.75, 3.05) is 25.2 Å². The lowest BCUT2D eigenvalue weighted by atomic mass is 10.5. The number of ether oxygens (including phenoxy) is 1. The Morgan fingerprint density at radius 2 is 1.94 bits per heavy atom. The zero-order valence-corrected chi connectivity index (χ0v) is 11.7. The van der Waals surface area contributed by atoms with Crippen LogP contribution < -0.4 is 0 Å². The van der Waals surface area contributed by atoms with Crippen molar-refractivity contribution in [3.63, 3.8) is 0 Å². The van der Waals surface area contributed by atoms with Crippen LogP contribution >= 0.6 is 11.8 Å². The molecule has 4 nitrogen and oxygen atoms in total. The van der Waals surface area contributed by atoms with Crippen molar-refractivity contribution in [2.45, 2.75) is 34.1 Å². The van der Waals surface area contributed by atoms with Crippen LogP contribution in [-0.2, 0) is 9.53 Å². The highest BCUT2D eigenvalue weighted by molar-refractivity contribution is 7.99. The molecule has 0 aromatic rings. The summed E-state index contributed by atoms with van der Waals surface area (Å²) >= 11 is 1.40. The van der Waals surface area contributed by atoms with Gasteiger partial charge in [0.25, 0.3) is 0 Å². The predicted octanol–water partition coefficient (Wildman–Crippen LogP) is 2.77. The molecular formula is C11H23NO3S. The number of rotatable bonds is 2. The van der Waals surface area contributed by atoms with E-state index in [1.807, 2.05) is 20.1 Å². The maximum absolute atomic E-state index is 11.1. The fourth-order valence-electron chi connectivity index (χ4n) is 0.821. The molecule has 1 aliphatic heterocycles. The van der Waals surface area contributed by atoms with E-state index in [9.17, 15) is 9.59 Å². The van der Waals surface area contributed by atoms with Crippen LogP contribution in [0.1, 0.15) is 34.1 Å². The average Bonchev–Trinajstić information content (AvgIpc) is 2.69. The quantitative estimate of drug-likeness (QED) is 0.755. The standard InChI is InChI=1S/C6H9NO3S.C3H8.C2H6/c1-11-4-5(8)7-2-3-10-6(7)9;1-3-2;1-2/h2-4H2,1H3;3H2,1-2H3;1-2H3. The van der Waals surface area contributed by atoms with E-state index in [0.717, 1.165) is 4.90 Å². The first-order chi connectivity index (χ1) is 7.67.